The van der Waals surface area contributed by atoms with Crippen molar-refractivity contribution in [2.75, 3.05) is 13.7 Å². The normalized spacial score (nSPS) is 12.0. The Balaban J connectivity index is 1.57. The number of pyridine rings is 1. The first-order chi connectivity index (χ1) is 17.0. The van der Waals surface area contributed by atoms with Gasteiger partial charge in [-0.3, -0.25) is 9.78 Å². The molecule has 4 aromatic rings. The third-order valence-corrected chi connectivity index (χ3v) is 5.42. The van der Waals surface area contributed by atoms with Crippen molar-refractivity contribution in [1.29, 1.82) is 0 Å². The summed E-state index contributed by atoms with van der Waals surface area (Å²) in [6.07, 6.45) is 1.39. The number of carbonyl (C=O) groups excluding carboxylic acids is 1. The van der Waals surface area contributed by atoms with Gasteiger partial charge in [0.1, 0.15) is 24.0 Å². The van der Waals surface area contributed by atoms with Crippen LogP contribution >= 0.6 is 0 Å². The summed E-state index contributed by atoms with van der Waals surface area (Å²) in [5.41, 5.74) is 9.94. The molecule has 0 saturated carbocycles. The lowest BCUT2D eigenvalue weighted by atomic mass is 10.0. The molecule has 0 aliphatic rings. The molecule has 0 bridgehead atoms. The van der Waals surface area contributed by atoms with Crippen molar-refractivity contribution in [3.8, 4) is 16.9 Å². The molecule has 0 aliphatic carbocycles. The Labute approximate surface area is 202 Å². The van der Waals surface area contributed by atoms with E-state index in [1.165, 1.54) is 6.07 Å². The highest BCUT2D eigenvalue weighted by Crippen LogP contribution is 2.33. The maximum atomic E-state index is 14.0. The van der Waals surface area contributed by atoms with Crippen LogP contribution in [0, 0.1) is 6.01 Å². The zero-order valence-electron chi connectivity index (χ0n) is 19.6. The van der Waals surface area contributed by atoms with Gasteiger partial charge in [0, 0.05) is 42.4 Å². The molecular formula is C27H27FN2O5. The molecule has 2 aromatic carbocycles. The molecule has 0 fully saturated rings. The van der Waals surface area contributed by atoms with E-state index in [0.717, 1.165) is 11.1 Å². The molecule has 0 spiro atoms. The van der Waals surface area contributed by atoms with Gasteiger partial charge in [0.15, 0.2) is 0 Å². The molecule has 35 heavy (non-hydrogen) atoms. The van der Waals surface area contributed by atoms with E-state index in [-0.39, 0.29) is 31.6 Å². The lowest BCUT2D eigenvalue weighted by molar-refractivity contribution is -0.149. The fourth-order valence-corrected chi connectivity index (χ4v) is 3.88. The van der Waals surface area contributed by atoms with Gasteiger partial charge >= 0.3 is 5.97 Å². The maximum Gasteiger partial charge on any atom is 0.310 e. The van der Waals surface area contributed by atoms with Crippen LogP contribution in [-0.4, -0.2) is 30.8 Å². The van der Waals surface area contributed by atoms with Gasteiger partial charge in [0.25, 0.3) is 6.01 Å². The monoisotopic (exact) mass is 478 g/mol. The SMILES string of the molecule is COCC(C)OC(=O)Cc1ccccc1OCc1cc(-c2ccnc(CN)c2)c2oc(F)cc2c1. The second kappa shape index (κ2) is 11.1. The minimum Gasteiger partial charge on any atom is -0.489 e. The molecule has 8 heteroatoms. The van der Waals surface area contributed by atoms with Crippen molar-refractivity contribution in [2.24, 2.45) is 5.73 Å². The number of para-hydroxylation sites is 1. The lowest BCUT2D eigenvalue weighted by Gasteiger charge is -2.15. The predicted octanol–water partition coefficient (Wildman–Crippen LogP) is 4.79. The number of benzene rings is 2. The number of nitrogens with zero attached hydrogens (tertiary/aromatic N) is 1. The van der Waals surface area contributed by atoms with Gasteiger partial charge in [-0.05, 0) is 48.4 Å². The number of fused-ring (bicyclic) bond motifs is 1. The van der Waals surface area contributed by atoms with Crippen molar-refractivity contribution in [1.82, 2.24) is 4.98 Å². The number of furan rings is 1. The molecule has 1 unspecified atom stereocenters. The van der Waals surface area contributed by atoms with Crippen molar-refractivity contribution in [3.63, 3.8) is 0 Å². The van der Waals surface area contributed by atoms with Crippen LogP contribution in [0.3, 0.4) is 0 Å². The van der Waals surface area contributed by atoms with Gasteiger partial charge in [-0.2, -0.15) is 4.39 Å². The summed E-state index contributed by atoms with van der Waals surface area (Å²) >= 11 is 0. The first-order valence-electron chi connectivity index (χ1n) is 11.2. The Morgan fingerprint density at radius 3 is 2.80 bits per heavy atom. The molecular weight excluding hydrogens is 451 g/mol. The van der Waals surface area contributed by atoms with Crippen molar-refractivity contribution < 1.29 is 27.8 Å². The summed E-state index contributed by atoms with van der Waals surface area (Å²) in [6, 6.07) is 15.4. The highest BCUT2D eigenvalue weighted by molar-refractivity contribution is 5.93. The van der Waals surface area contributed by atoms with Crippen LogP contribution in [0.1, 0.15) is 23.7 Å². The molecule has 0 saturated heterocycles. The van der Waals surface area contributed by atoms with Crippen molar-refractivity contribution in [2.45, 2.75) is 32.6 Å². The van der Waals surface area contributed by atoms with Gasteiger partial charge < -0.3 is 24.4 Å². The second-order valence-corrected chi connectivity index (χ2v) is 8.18. The Morgan fingerprint density at radius 1 is 1.17 bits per heavy atom. The topological polar surface area (TPSA) is 96.8 Å². The average molecular weight is 479 g/mol. The molecule has 2 aromatic heterocycles. The molecule has 4 rings (SSSR count). The van der Waals surface area contributed by atoms with Crippen LogP contribution in [0.15, 0.2) is 65.2 Å². The smallest absolute Gasteiger partial charge is 0.310 e. The number of rotatable bonds is 10. The number of aromatic nitrogens is 1. The molecule has 0 amide bonds. The number of carbonyl (C=O) groups is 1. The Kier molecular flexibility index (Phi) is 7.74. The number of esters is 1. The van der Waals surface area contributed by atoms with Crippen LogP contribution in [0.5, 0.6) is 5.75 Å². The highest BCUT2D eigenvalue weighted by Gasteiger charge is 2.16. The predicted molar refractivity (Wildman–Crippen MR) is 129 cm³/mol. The summed E-state index contributed by atoms with van der Waals surface area (Å²) < 4.78 is 35.8. The van der Waals surface area contributed by atoms with Crippen molar-refractivity contribution >= 4 is 16.9 Å². The third kappa shape index (κ3) is 6.03. The van der Waals surface area contributed by atoms with Gasteiger partial charge in [-0.25, -0.2) is 0 Å². The second-order valence-electron chi connectivity index (χ2n) is 8.18. The first-order valence-corrected chi connectivity index (χ1v) is 11.2. The standard InChI is InChI=1S/C27H27FN2O5/c1-17(15-32-2)34-26(31)13-20-5-3-4-6-24(20)33-16-18-9-21-12-25(28)35-27(21)23(10-18)19-7-8-30-22(11-19)14-29/h3-12,17H,13-16,29H2,1-2H3. The van der Waals surface area contributed by atoms with Gasteiger partial charge in [0.2, 0.25) is 0 Å². The summed E-state index contributed by atoms with van der Waals surface area (Å²) in [6.45, 7) is 2.59. The van der Waals surface area contributed by atoms with E-state index in [4.69, 9.17) is 24.4 Å². The van der Waals surface area contributed by atoms with Crippen LogP contribution in [0.2, 0.25) is 0 Å². The summed E-state index contributed by atoms with van der Waals surface area (Å²) in [5, 5.41) is 0.619. The Hall–Kier alpha value is -3.75. The van der Waals surface area contributed by atoms with E-state index in [1.54, 1.807) is 26.3 Å². The number of methoxy groups -OCH3 is 1. The van der Waals surface area contributed by atoms with Gasteiger partial charge in [-0.1, -0.05) is 18.2 Å². The van der Waals surface area contributed by atoms with Crippen LogP contribution in [0.25, 0.3) is 22.1 Å². The van der Waals surface area contributed by atoms with Crippen molar-refractivity contribution in [3.05, 3.63) is 83.6 Å². The highest BCUT2D eigenvalue weighted by atomic mass is 19.1. The van der Waals surface area contributed by atoms with E-state index in [0.29, 0.717) is 40.1 Å². The maximum absolute atomic E-state index is 14.0. The molecule has 0 radical (unpaired) electrons. The zero-order valence-corrected chi connectivity index (χ0v) is 19.6. The Bertz CT molecular complexity index is 1320. The van der Waals surface area contributed by atoms with Crippen LogP contribution < -0.4 is 10.5 Å². The largest absolute Gasteiger partial charge is 0.489 e. The van der Waals surface area contributed by atoms with E-state index in [9.17, 15) is 9.18 Å². The number of hydrogen-bond acceptors (Lipinski definition) is 7. The molecule has 182 valence electrons. The molecule has 0 aliphatic heterocycles. The number of nitrogens with two attached hydrogens (primary N) is 1. The van der Waals surface area contributed by atoms with Gasteiger partial charge in [-0.15, -0.1) is 0 Å². The van der Waals surface area contributed by atoms with Gasteiger partial charge in [0.05, 0.1) is 18.7 Å². The minimum atomic E-state index is -0.668. The molecule has 7 nitrogen and oxygen atoms in total. The molecule has 1 atom stereocenters. The number of halogens is 1. The van der Waals surface area contributed by atoms with E-state index >= 15 is 0 Å². The first kappa shape index (κ1) is 24.4. The average Bonchev–Trinajstić information content (AvgIpc) is 3.23. The summed E-state index contributed by atoms with van der Waals surface area (Å²) in [7, 11) is 1.56. The summed E-state index contributed by atoms with van der Waals surface area (Å²) in [4.78, 5) is 16.6. The van der Waals surface area contributed by atoms with E-state index in [2.05, 4.69) is 4.98 Å². The number of hydrogen-bond donors (Lipinski definition) is 1. The van der Waals surface area contributed by atoms with E-state index < -0.39 is 6.01 Å². The van der Waals surface area contributed by atoms with Crippen LogP contribution in [0.4, 0.5) is 4.39 Å². The number of ether oxygens (including phenoxy) is 3. The molecule has 2 N–H and O–H groups in total. The fraction of sp³-hybridized carbons (Fsp3) is 0.259. The minimum absolute atomic E-state index is 0.0698. The lowest BCUT2D eigenvalue weighted by Crippen LogP contribution is -2.21. The summed E-state index contributed by atoms with van der Waals surface area (Å²) in [5.74, 6) is 0.203. The zero-order chi connectivity index (χ0) is 24.8. The quantitative estimate of drug-likeness (QED) is 0.327. The fourth-order valence-electron chi connectivity index (χ4n) is 3.88. The molecule has 2 heterocycles. The van der Waals surface area contributed by atoms with Crippen LogP contribution in [-0.2, 0) is 33.8 Å². The Morgan fingerprint density at radius 2 is 2.00 bits per heavy atom. The third-order valence-electron chi connectivity index (χ3n) is 5.42. The van der Waals surface area contributed by atoms with E-state index in [1.807, 2.05) is 42.5 Å².